The normalized spacial score (nSPS) is 13.0. The highest BCUT2D eigenvalue weighted by Gasteiger charge is 2.43. The van der Waals surface area contributed by atoms with Crippen LogP contribution in [0.5, 0.6) is 0 Å². The fourth-order valence-corrected chi connectivity index (χ4v) is 13.6. The van der Waals surface area contributed by atoms with Gasteiger partial charge < -0.3 is 14.0 Å². The third-order valence-electron chi connectivity index (χ3n) is 13.4. The minimum atomic E-state index is 0.0220. The van der Waals surface area contributed by atoms with E-state index < -0.39 is 0 Å². The van der Waals surface area contributed by atoms with E-state index in [-0.39, 0.29) is 6.71 Å². The van der Waals surface area contributed by atoms with Crippen LogP contribution in [0.3, 0.4) is 0 Å². The molecule has 0 N–H and O–H groups in total. The number of hydrogen-bond donors (Lipinski definition) is 0. The highest BCUT2D eigenvalue weighted by Crippen LogP contribution is 2.49. The number of benzene rings is 9. The van der Waals surface area contributed by atoms with Gasteiger partial charge in [-0.15, -0.1) is 22.7 Å². The summed E-state index contributed by atoms with van der Waals surface area (Å²) in [6.07, 6.45) is 0. The van der Waals surface area contributed by atoms with E-state index >= 15 is 0 Å². The quantitative estimate of drug-likeness (QED) is 0.162. The molecule has 0 aliphatic carbocycles. The molecule has 6 heterocycles. The lowest BCUT2D eigenvalue weighted by molar-refractivity contribution is 1.13. The van der Waals surface area contributed by atoms with Crippen molar-refractivity contribution < 1.29 is 0 Å². The number of thiophene rings is 2. The number of fused-ring (bicyclic) bond motifs is 18. The largest absolute Gasteiger partial charge is 0.310 e. The Kier molecular flexibility index (Phi) is 6.01. The summed E-state index contributed by atoms with van der Waals surface area (Å²) in [5.74, 6) is 0. The van der Waals surface area contributed by atoms with E-state index in [2.05, 4.69) is 196 Å². The van der Waals surface area contributed by atoms with Gasteiger partial charge in [-0.25, -0.2) is 0 Å². The average Bonchev–Trinajstić information content (AvgIpc) is 4.05. The molecule has 0 unspecified atom stereocenters. The van der Waals surface area contributed by atoms with Crippen LogP contribution in [0.1, 0.15) is 0 Å². The van der Waals surface area contributed by atoms with Crippen molar-refractivity contribution in [3.8, 4) is 11.4 Å². The molecular formula is C54H30BN3S2. The van der Waals surface area contributed by atoms with Gasteiger partial charge in [-0.1, -0.05) is 109 Å². The second-order valence-corrected chi connectivity index (χ2v) is 18.5. The van der Waals surface area contributed by atoms with Crippen LogP contribution in [0, 0.1) is 0 Å². The van der Waals surface area contributed by atoms with E-state index in [1.807, 2.05) is 22.7 Å². The van der Waals surface area contributed by atoms with E-state index in [1.165, 1.54) is 112 Å². The molecule has 0 amide bonds. The fourth-order valence-electron chi connectivity index (χ4n) is 11.2. The van der Waals surface area contributed by atoms with Crippen molar-refractivity contribution >= 4 is 147 Å². The summed E-state index contributed by atoms with van der Waals surface area (Å²) in [7, 11) is 0. The number of anilines is 3. The molecule has 3 nitrogen and oxygen atoms in total. The molecule has 13 aromatic rings. The van der Waals surface area contributed by atoms with E-state index in [4.69, 9.17) is 0 Å². The van der Waals surface area contributed by atoms with Crippen LogP contribution in [0.2, 0.25) is 0 Å². The lowest BCUT2D eigenvalue weighted by Gasteiger charge is -2.36. The lowest BCUT2D eigenvalue weighted by Crippen LogP contribution is -2.59. The van der Waals surface area contributed by atoms with Crippen molar-refractivity contribution in [3.05, 3.63) is 182 Å². The number of hydrogen-bond acceptors (Lipinski definition) is 3. The maximum absolute atomic E-state index is 2.63. The first-order valence-corrected chi connectivity index (χ1v) is 22.3. The van der Waals surface area contributed by atoms with Gasteiger partial charge in [-0.3, -0.25) is 0 Å². The van der Waals surface area contributed by atoms with Gasteiger partial charge in [0.15, 0.2) is 0 Å². The van der Waals surface area contributed by atoms with Crippen LogP contribution in [0.25, 0.3) is 95.3 Å². The molecule has 0 saturated heterocycles. The predicted octanol–water partition coefficient (Wildman–Crippen LogP) is 13.2. The Labute approximate surface area is 352 Å². The third-order valence-corrected chi connectivity index (χ3v) is 15.7. The van der Waals surface area contributed by atoms with Gasteiger partial charge in [0.2, 0.25) is 0 Å². The first kappa shape index (κ1) is 31.8. The Balaban J connectivity index is 1.20. The van der Waals surface area contributed by atoms with Gasteiger partial charge in [0.1, 0.15) is 0 Å². The van der Waals surface area contributed by atoms with Gasteiger partial charge in [-0.2, -0.15) is 0 Å². The zero-order valence-corrected chi connectivity index (χ0v) is 33.7. The van der Waals surface area contributed by atoms with Crippen molar-refractivity contribution in [1.29, 1.82) is 0 Å². The van der Waals surface area contributed by atoms with E-state index in [0.717, 1.165) is 17.1 Å². The molecule has 0 saturated carbocycles. The van der Waals surface area contributed by atoms with Crippen molar-refractivity contribution in [2.75, 3.05) is 4.90 Å². The van der Waals surface area contributed by atoms with Crippen LogP contribution in [-0.4, -0.2) is 15.8 Å². The summed E-state index contributed by atoms with van der Waals surface area (Å²) < 4.78 is 10.6. The van der Waals surface area contributed by atoms with Gasteiger partial charge in [0.05, 0.1) is 27.8 Å². The van der Waals surface area contributed by atoms with Crippen molar-refractivity contribution in [2.24, 2.45) is 0 Å². The average molecular weight is 796 g/mol. The summed E-state index contributed by atoms with van der Waals surface area (Å²) in [4.78, 5) is 2.44. The first-order valence-electron chi connectivity index (χ1n) is 20.6. The smallest absolute Gasteiger partial charge is 0.252 e. The summed E-state index contributed by atoms with van der Waals surface area (Å²) in [6, 6.07) is 68.1. The molecule has 60 heavy (non-hydrogen) atoms. The minimum absolute atomic E-state index is 0.0220. The van der Waals surface area contributed by atoms with Crippen LogP contribution < -0.4 is 21.3 Å². The van der Waals surface area contributed by atoms with Crippen molar-refractivity contribution in [3.63, 3.8) is 0 Å². The molecule has 0 fully saturated rings. The second kappa shape index (κ2) is 11.3. The number of aromatic nitrogens is 2. The Morgan fingerprint density at radius 1 is 0.367 bits per heavy atom. The van der Waals surface area contributed by atoms with E-state index in [0.29, 0.717) is 0 Å². The SMILES string of the molecule is c1ccc(N(c2ccccc2)c2cc3c4c(c2)-n2c5ccccc5c5c6c(cc(c52)B4c2cc4sc5ccccc5c4c4c5ccccc5n-3c24)sc2ccccc26)cc1. The summed E-state index contributed by atoms with van der Waals surface area (Å²) in [5.41, 5.74) is 15.2. The summed E-state index contributed by atoms with van der Waals surface area (Å²) >= 11 is 3.87. The fraction of sp³-hybridized carbons (Fsp3) is 0. The molecule has 0 atom stereocenters. The van der Waals surface area contributed by atoms with Crippen molar-refractivity contribution in [2.45, 2.75) is 0 Å². The molecule has 0 radical (unpaired) electrons. The van der Waals surface area contributed by atoms with Crippen LogP contribution in [0.4, 0.5) is 17.1 Å². The standard InChI is InChI=1S/C54H30BN3S2/c1-3-15-31(16-4-1)56(32-17-5-2-6-18-32)33-27-42-52-43(28-33)58-41-24-12-8-20-35(41)51-49-37-22-10-14-26-45(37)60-47(49)30-39(54(51)58)55(52)38-29-46-48(36-21-9-13-25-44(36)59-46)50-34-19-7-11-23-40(34)57(42)53(38)50/h1-30H. The van der Waals surface area contributed by atoms with Crippen LogP contribution in [-0.2, 0) is 0 Å². The Bertz CT molecular complexity index is 3770. The topological polar surface area (TPSA) is 13.1 Å². The molecule has 0 bridgehead atoms. The number of nitrogens with zero attached hydrogens (tertiary/aromatic N) is 3. The lowest BCUT2D eigenvalue weighted by atomic mass is 9.34. The summed E-state index contributed by atoms with van der Waals surface area (Å²) in [5, 5.41) is 10.7. The molecule has 0 spiro atoms. The van der Waals surface area contributed by atoms with Gasteiger partial charge in [-0.05, 0) is 89.2 Å². The molecule has 276 valence electrons. The molecular weight excluding hydrogens is 766 g/mol. The maximum atomic E-state index is 2.63. The Morgan fingerprint density at radius 2 is 0.783 bits per heavy atom. The van der Waals surface area contributed by atoms with Crippen LogP contribution >= 0.6 is 22.7 Å². The van der Waals surface area contributed by atoms with Crippen molar-refractivity contribution in [1.82, 2.24) is 9.13 Å². The highest BCUT2D eigenvalue weighted by molar-refractivity contribution is 7.26. The number of para-hydroxylation sites is 4. The van der Waals surface area contributed by atoms with E-state index in [1.54, 1.807) is 0 Å². The minimum Gasteiger partial charge on any atom is -0.310 e. The predicted molar refractivity (Wildman–Crippen MR) is 260 cm³/mol. The third kappa shape index (κ3) is 3.87. The monoisotopic (exact) mass is 795 g/mol. The van der Waals surface area contributed by atoms with Gasteiger partial charge in [0.25, 0.3) is 6.71 Å². The maximum Gasteiger partial charge on any atom is 0.252 e. The second-order valence-electron chi connectivity index (χ2n) is 16.4. The van der Waals surface area contributed by atoms with Gasteiger partial charge in [0, 0.05) is 84.6 Å². The molecule has 4 aromatic heterocycles. The molecule has 9 aromatic carbocycles. The molecule has 2 aliphatic rings. The molecule has 2 aliphatic heterocycles. The molecule has 15 rings (SSSR count). The number of rotatable bonds is 3. The Hall–Kier alpha value is -7.12. The zero-order chi connectivity index (χ0) is 38.8. The summed E-state index contributed by atoms with van der Waals surface area (Å²) in [6.45, 7) is 0.0220. The van der Waals surface area contributed by atoms with Crippen LogP contribution in [0.15, 0.2) is 182 Å². The Morgan fingerprint density at radius 3 is 1.27 bits per heavy atom. The molecule has 6 heteroatoms. The zero-order valence-electron chi connectivity index (χ0n) is 32.1. The van der Waals surface area contributed by atoms with E-state index in [9.17, 15) is 0 Å². The highest BCUT2D eigenvalue weighted by atomic mass is 32.1. The first-order chi connectivity index (χ1) is 29.8. The van der Waals surface area contributed by atoms with Gasteiger partial charge >= 0.3 is 0 Å².